The van der Waals surface area contributed by atoms with Gasteiger partial charge in [0.05, 0.1) is 16.8 Å². The average Bonchev–Trinajstić information content (AvgIpc) is 3.27. The lowest BCUT2D eigenvalue weighted by molar-refractivity contribution is 0.0451. The maximum atomic E-state index is 13.3. The van der Waals surface area contributed by atoms with E-state index < -0.39 is 0 Å². The van der Waals surface area contributed by atoms with E-state index >= 15 is 0 Å². The Bertz CT molecular complexity index is 1410. The molecule has 0 spiro atoms. The van der Waals surface area contributed by atoms with Gasteiger partial charge in [0.15, 0.2) is 0 Å². The molecule has 1 aromatic heterocycles. The van der Waals surface area contributed by atoms with Crippen LogP contribution in [0.3, 0.4) is 0 Å². The zero-order valence-electron chi connectivity index (χ0n) is 21.1. The molecule has 0 atom stereocenters. The van der Waals surface area contributed by atoms with Gasteiger partial charge >= 0.3 is 5.97 Å². The smallest absolute Gasteiger partial charge is 0.339 e. The quantitative estimate of drug-likeness (QED) is 0.217. The lowest BCUT2D eigenvalue weighted by Gasteiger charge is -2.18. The number of para-hydroxylation sites is 2. The van der Waals surface area contributed by atoms with E-state index in [4.69, 9.17) is 14.5 Å². The molecule has 1 aliphatic carbocycles. The van der Waals surface area contributed by atoms with Gasteiger partial charge in [0, 0.05) is 5.39 Å². The maximum absolute atomic E-state index is 13.3. The number of fused-ring (bicyclic) bond motifs is 2. The standard InChI is InChI=1S/C32H31NO3/c1-32(2,3)24-16-13-22(14-17-24)21-23-15-18-27-29(26-11-7-8-12-28(26)33-30(23)27)31(34)36-20-19-35-25-9-5-4-6-10-25/h4-14,16-17,21H,15,18-20H2,1-3H3. The lowest BCUT2D eigenvalue weighted by Crippen LogP contribution is -2.15. The van der Waals surface area contributed by atoms with Crippen LogP contribution in [0.5, 0.6) is 5.75 Å². The molecule has 0 amide bonds. The maximum Gasteiger partial charge on any atom is 0.339 e. The number of carbonyl (C=O) groups is 1. The fourth-order valence-corrected chi connectivity index (χ4v) is 4.68. The van der Waals surface area contributed by atoms with Gasteiger partial charge in [-0.1, -0.05) is 81.4 Å². The molecule has 4 aromatic rings. The highest BCUT2D eigenvalue weighted by Crippen LogP contribution is 2.38. The molecule has 0 N–H and O–H groups in total. The van der Waals surface area contributed by atoms with E-state index in [9.17, 15) is 4.79 Å². The van der Waals surface area contributed by atoms with E-state index in [-0.39, 0.29) is 18.0 Å². The van der Waals surface area contributed by atoms with Crippen molar-refractivity contribution in [1.29, 1.82) is 0 Å². The molecule has 5 rings (SSSR count). The summed E-state index contributed by atoms with van der Waals surface area (Å²) >= 11 is 0. The van der Waals surface area contributed by atoms with Gasteiger partial charge in [-0.15, -0.1) is 0 Å². The second-order valence-corrected chi connectivity index (χ2v) is 10.2. The van der Waals surface area contributed by atoms with Crippen molar-refractivity contribution in [3.05, 3.63) is 107 Å². The second kappa shape index (κ2) is 9.98. The van der Waals surface area contributed by atoms with Gasteiger partial charge in [-0.3, -0.25) is 0 Å². The number of pyridine rings is 1. The van der Waals surface area contributed by atoms with Crippen LogP contribution >= 0.6 is 0 Å². The topological polar surface area (TPSA) is 48.4 Å². The van der Waals surface area contributed by atoms with Crippen LogP contribution in [0.1, 0.15) is 59.9 Å². The predicted molar refractivity (Wildman–Crippen MR) is 145 cm³/mol. The van der Waals surface area contributed by atoms with Crippen molar-refractivity contribution in [3.8, 4) is 5.75 Å². The van der Waals surface area contributed by atoms with Crippen molar-refractivity contribution < 1.29 is 14.3 Å². The van der Waals surface area contributed by atoms with Crippen molar-refractivity contribution in [1.82, 2.24) is 4.98 Å². The summed E-state index contributed by atoms with van der Waals surface area (Å²) in [4.78, 5) is 18.3. The van der Waals surface area contributed by atoms with Crippen LogP contribution in [0.15, 0.2) is 78.9 Å². The third-order valence-corrected chi connectivity index (χ3v) is 6.59. The highest BCUT2D eigenvalue weighted by molar-refractivity contribution is 6.07. The molecule has 4 nitrogen and oxygen atoms in total. The van der Waals surface area contributed by atoms with Gasteiger partial charge in [0.2, 0.25) is 0 Å². The molecule has 3 aromatic carbocycles. The largest absolute Gasteiger partial charge is 0.490 e. The number of aromatic nitrogens is 1. The number of carbonyl (C=O) groups excluding carboxylic acids is 1. The molecule has 4 heteroatoms. The molecule has 1 aliphatic rings. The van der Waals surface area contributed by atoms with Gasteiger partial charge in [0.25, 0.3) is 0 Å². The Hall–Kier alpha value is -3.92. The molecule has 0 saturated heterocycles. The van der Waals surface area contributed by atoms with Crippen LogP contribution in [0.2, 0.25) is 0 Å². The molecule has 0 aliphatic heterocycles. The Kier molecular flexibility index (Phi) is 6.60. The Morgan fingerprint density at radius 3 is 2.36 bits per heavy atom. The van der Waals surface area contributed by atoms with Crippen molar-refractivity contribution in [3.63, 3.8) is 0 Å². The highest BCUT2D eigenvalue weighted by atomic mass is 16.6. The van der Waals surface area contributed by atoms with Crippen molar-refractivity contribution in [2.24, 2.45) is 0 Å². The van der Waals surface area contributed by atoms with Gasteiger partial charge in [-0.2, -0.15) is 0 Å². The Balaban J connectivity index is 1.41. The van der Waals surface area contributed by atoms with Gasteiger partial charge in [0.1, 0.15) is 19.0 Å². The molecular formula is C32H31NO3. The van der Waals surface area contributed by atoms with E-state index in [1.165, 1.54) is 5.56 Å². The Morgan fingerprint density at radius 1 is 0.889 bits per heavy atom. The van der Waals surface area contributed by atoms with E-state index in [0.717, 1.165) is 51.9 Å². The Labute approximate surface area is 212 Å². The molecular weight excluding hydrogens is 446 g/mol. The molecule has 0 unspecified atom stereocenters. The van der Waals surface area contributed by atoms with E-state index in [0.29, 0.717) is 12.2 Å². The normalized spacial score (nSPS) is 14.1. The molecule has 0 fully saturated rings. The van der Waals surface area contributed by atoms with Crippen LogP contribution in [-0.4, -0.2) is 24.2 Å². The van der Waals surface area contributed by atoms with Gasteiger partial charge < -0.3 is 9.47 Å². The van der Waals surface area contributed by atoms with Crippen LogP contribution in [0.4, 0.5) is 0 Å². The molecule has 0 saturated carbocycles. The first-order valence-electron chi connectivity index (χ1n) is 12.5. The van der Waals surface area contributed by atoms with Crippen LogP contribution in [0.25, 0.3) is 22.6 Å². The van der Waals surface area contributed by atoms with E-state index in [1.54, 1.807) is 0 Å². The van der Waals surface area contributed by atoms with E-state index in [1.807, 2.05) is 54.6 Å². The second-order valence-electron chi connectivity index (χ2n) is 10.2. The van der Waals surface area contributed by atoms with Crippen molar-refractivity contribution in [2.75, 3.05) is 13.2 Å². The summed E-state index contributed by atoms with van der Waals surface area (Å²) in [6.45, 7) is 7.14. The molecule has 1 heterocycles. The molecule has 36 heavy (non-hydrogen) atoms. The fraction of sp³-hybridized carbons (Fsp3) is 0.250. The third kappa shape index (κ3) is 5.03. The Morgan fingerprint density at radius 2 is 1.61 bits per heavy atom. The van der Waals surface area contributed by atoms with Gasteiger partial charge in [-0.05, 0) is 64.8 Å². The number of allylic oxidation sites excluding steroid dienone is 1. The average molecular weight is 478 g/mol. The molecule has 0 radical (unpaired) electrons. The van der Waals surface area contributed by atoms with Crippen molar-refractivity contribution in [2.45, 2.75) is 39.0 Å². The molecule has 182 valence electrons. The number of nitrogens with zero attached hydrogens (tertiary/aromatic N) is 1. The van der Waals surface area contributed by atoms with Crippen LogP contribution in [-0.2, 0) is 16.6 Å². The first kappa shape index (κ1) is 23.8. The van der Waals surface area contributed by atoms with Gasteiger partial charge in [-0.25, -0.2) is 9.78 Å². The lowest BCUT2D eigenvalue weighted by atomic mass is 9.86. The number of hydrogen-bond acceptors (Lipinski definition) is 4. The summed E-state index contributed by atoms with van der Waals surface area (Å²) in [5, 5.41) is 0.834. The monoisotopic (exact) mass is 477 g/mol. The summed E-state index contributed by atoms with van der Waals surface area (Å²) in [7, 11) is 0. The zero-order chi connectivity index (χ0) is 25.1. The van der Waals surface area contributed by atoms with E-state index in [2.05, 4.69) is 51.1 Å². The summed E-state index contributed by atoms with van der Waals surface area (Å²) in [6.07, 6.45) is 3.81. The summed E-state index contributed by atoms with van der Waals surface area (Å²) in [5.41, 5.74) is 7.03. The number of benzene rings is 3. The SMILES string of the molecule is CC(C)(C)c1ccc(C=C2CCc3c2nc2ccccc2c3C(=O)OCCOc2ccccc2)cc1. The number of esters is 1. The minimum absolute atomic E-state index is 0.119. The zero-order valence-corrected chi connectivity index (χ0v) is 21.1. The highest BCUT2D eigenvalue weighted by Gasteiger charge is 2.27. The van der Waals surface area contributed by atoms with Crippen molar-refractivity contribution >= 4 is 28.5 Å². The van der Waals surface area contributed by atoms with Crippen LogP contribution in [0, 0.1) is 0 Å². The number of ether oxygens (including phenoxy) is 2. The minimum Gasteiger partial charge on any atom is -0.490 e. The number of hydrogen-bond donors (Lipinski definition) is 0. The number of rotatable bonds is 6. The fourth-order valence-electron chi connectivity index (χ4n) is 4.68. The summed E-state index contributed by atoms with van der Waals surface area (Å²) in [6, 6.07) is 26.0. The predicted octanol–water partition coefficient (Wildman–Crippen LogP) is 7.25. The third-order valence-electron chi connectivity index (χ3n) is 6.59. The van der Waals surface area contributed by atoms with Crippen LogP contribution < -0.4 is 4.74 Å². The first-order chi connectivity index (χ1) is 17.4. The minimum atomic E-state index is -0.322. The summed E-state index contributed by atoms with van der Waals surface area (Å²) < 4.78 is 11.4. The first-order valence-corrected chi connectivity index (χ1v) is 12.5. The summed E-state index contributed by atoms with van der Waals surface area (Å²) in [5.74, 6) is 0.436. The molecule has 0 bridgehead atoms.